The molecule has 1 heterocycles. The highest BCUT2D eigenvalue weighted by atomic mass is 32.2. The number of rotatable bonds is 4. The van der Waals surface area contributed by atoms with E-state index in [1.165, 1.54) is 10.8 Å². The molecule has 0 saturated carbocycles. The monoisotopic (exact) mass is 246 g/mol. The smallest absolute Gasteiger partial charge is 0.356 e. The highest BCUT2D eigenvalue weighted by Gasteiger charge is 2.21. The van der Waals surface area contributed by atoms with E-state index in [1.807, 2.05) is 0 Å². The number of carboxylic acids is 1. The summed E-state index contributed by atoms with van der Waals surface area (Å²) in [5.41, 5.74) is -0.142. The highest BCUT2D eigenvalue weighted by molar-refractivity contribution is 7.91. The molecule has 0 aromatic carbocycles. The number of aryl methyl sites for hydroxylation is 1. The molecule has 1 aromatic heterocycles. The van der Waals surface area contributed by atoms with Gasteiger partial charge >= 0.3 is 5.97 Å². The van der Waals surface area contributed by atoms with Gasteiger partial charge in [-0.3, -0.25) is 0 Å². The number of carbonyl (C=O) groups is 1. The van der Waals surface area contributed by atoms with E-state index < -0.39 is 21.1 Å². The van der Waals surface area contributed by atoms with Crippen molar-refractivity contribution in [1.29, 1.82) is 0 Å². The van der Waals surface area contributed by atoms with Gasteiger partial charge in [-0.1, -0.05) is 0 Å². The van der Waals surface area contributed by atoms with Crippen molar-refractivity contribution in [3.05, 3.63) is 17.7 Å². The van der Waals surface area contributed by atoms with Crippen molar-refractivity contribution in [2.45, 2.75) is 24.9 Å². The van der Waals surface area contributed by atoms with Crippen LogP contribution in [0.3, 0.4) is 0 Å². The van der Waals surface area contributed by atoms with Gasteiger partial charge < -0.3 is 9.67 Å². The lowest BCUT2D eigenvalue weighted by atomic mass is 10.5. The maximum atomic E-state index is 11.6. The van der Waals surface area contributed by atoms with Crippen molar-refractivity contribution in [3.63, 3.8) is 0 Å². The average molecular weight is 246 g/mol. The summed E-state index contributed by atoms with van der Waals surface area (Å²) >= 11 is 0. The molecule has 6 nitrogen and oxygen atoms in total. The normalized spacial score (nSPS) is 12.0. The van der Waals surface area contributed by atoms with E-state index in [-0.39, 0.29) is 17.3 Å². The number of hydrogen-bond donors (Lipinski definition) is 1. The Labute approximate surface area is 93.8 Å². The number of carboxylic acid groups (broad SMARTS) is 1. The van der Waals surface area contributed by atoms with E-state index in [0.717, 1.165) is 0 Å². The van der Waals surface area contributed by atoms with E-state index in [4.69, 9.17) is 5.11 Å². The summed E-state index contributed by atoms with van der Waals surface area (Å²) in [6.45, 7) is 3.16. The van der Waals surface area contributed by atoms with Gasteiger partial charge in [-0.05, 0) is 13.8 Å². The number of hydrogen-bond acceptors (Lipinski definition) is 4. The number of aromatic nitrogens is 2. The van der Waals surface area contributed by atoms with Gasteiger partial charge in [0.15, 0.2) is 15.5 Å². The Morgan fingerprint density at radius 3 is 2.50 bits per heavy atom. The van der Waals surface area contributed by atoms with Crippen molar-refractivity contribution in [2.75, 3.05) is 0 Å². The topological polar surface area (TPSA) is 89.3 Å². The van der Waals surface area contributed by atoms with E-state index in [2.05, 4.69) is 4.98 Å². The summed E-state index contributed by atoms with van der Waals surface area (Å²) in [6.07, 6.45) is 1.30. The molecule has 0 atom stereocenters. The Balaban J connectivity index is 3.03. The molecule has 0 fully saturated rings. The van der Waals surface area contributed by atoms with E-state index >= 15 is 0 Å². The van der Waals surface area contributed by atoms with Crippen molar-refractivity contribution in [1.82, 2.24) is 9.55 Å². The lowest BCUT2D eigenvalue weighted by Crippen LogP contribution is -2.18. The fourth-order valence-electron chi connectivity index (χ4n) is 1.09. The van der Waals surface area contributed by atoms with Gasteiger partial charge in [-0.15, -0.1) is 0 Å². The van der Waals surface area contributed by atoms with Crippen LogP contribution >= 0.6 is 0 Å². The van der Waals surface area contributed by atoms with Crippen LogP contribution in [-0.2, 0) is 22.6 Å². The third kappa shape index (κ3) is 2.60. The number of aromatic carboxylic acids is 1. The van der Waals surface area contributed by atoms with Crippen LogP contribution in [0.15, 0.2) is 6.20 Å². The molecule has 1 N–H and O–H groups in total. The molecular formula is C9H14N2O4S. The lowest BCUT2D eigenvalue weighted by Gasteiger charge is -2.06. The Bertz CT molecular complexity index is 502. The van der Waals surface area contributed by atoms with E-state index in [1.54, 1.807) is 20.9 Å². The lowest BCUT2D eigenvalue weighted by molar-refractivity contribution is 0.0691. The molecule has 0 spiro atoms. The fraction of sp³-hybridized carbons (Fsp3) is 0.556. The number of nitrogens with zero attached hydrogens (tertiary/aromatic N) is 2. The van der Waals surface area contributed by atoms with Crippen LogP contribution in [0.1, 0.15) is 30.2 Å². The van der Waals surface area contributed by atoms with Gasteiger partial charge in [-0.2, -0.15) is 0 Å². The first-order valence-electron chi connectivity index (χ1n) is 4.71. The first-order valence-corrected chi connectivity index (χ1v) is 6.42. The zero-order valence-corrected chi connectivity index (χ0v) is 10.2. The molecular weight excluding hydrogens is 232 g/mol. The molecule has 1 rings (SSSR count). The third-order valence-corrected chi connectivity index (χ3v) is 4.34. The number of imidazole rings is 1. The molecule has 90 valence electrons. The Morgan fingerprint density at radius 2 is 2.12 bits per heavy atom. The molecule has 0 saturated heterocycles. The standard InChI is InChI=1S/C9H14N2O4S/c1-6(2)16(14,15)5-8-10-7(9(12)13)4-11(8)3/h4,6H,5H2,1-3H3,(H,12,13). The molecule has 1 aromatic rings. The first kappa shape index (κ1) is 12.7. The minimum atomic E-state index is -3.26. The van der Waals surface area contributed by atoms with Crippen LogP contribution in [0, 0.1) is 0 Å². The van der Waals surface area contributed by atoms with Crippen LogP contribution in [-0.4, -0.2) is 34.3 Å². The van der Waals surface area contributed by atoms with Crippen LogP contribution in [0.5, 0.6) is 0 Å². The molecule has 0 radical (unpaired) electrons. The molecule has 0 amide bonds. The Kier molecular flexibility index (Phi) is 3.37. The summed E-state index contributed by atoms with van der Waals surface area (Å²) < 4.78 is 24.7. The van der Waals surface area contributed by atoms with E-state index in [9.17, 15) is 13.2 Å². The number of sulfone groups is 1. The van der Waals surface area contributed by atoms with Gasteiger partial charge in [0.05, 0.1) is 5.25 Å². The zero-order valence-electron chi connectivity index (χ0n) is 9.34. The van der Waals surface area contributed by atoms with Gasteiger partial charge in [-0.25, -0.2) is 18.2 Å². The second-order valence-electron chi connectivity index (χ2n) is 3.81. The molecule has 0 aliphatic rings. The van der Waals surface area contributed by atoms with Gasteiger partial charge in [0, 0.05) is 13.2 Å². The second kappa shape index (κ2) is 4.25. The van der Waals surface area contributed by atoms with Gasteiger partial charge in [0.25, 0.3) is 0 Å². The predicted octanol–water partition coefficient (Wildman–Crippen LogP) is 0.441. The van der Waals surface area contributed by atoms with Crippen LogP contribution in [0.4, 0.5) is 0 Å². The molecule has 0 aliphatic heterocycles. The summed E-state index contributed by atoms with van der Waals surface area (Å²) in [5, 5.41) is 8.20. The van der Waals surface area contributed by atoms with Crippen LogP contribution in [0.25, 0.3) is 0 Å². The third-order valence-electron chi connectivity index (χ3n) is 2.24. The second-order valence-corrected chi connectivity index (χ2v) is 6.37. The molecule has 0 aliphatic carbocycles. The van der Waals surface area contributed by atoms with Crippen LogP contribution < -0.4 is 0 Å². The zero-order chi connectivity index (χ0) is 12.5. The fourth-order valence-corrected chi connectivity index (χ4v) is 2.05. The van der Waals surface area contributed by atoms with Gasteiger partial charge in [0.1, 0.15) is 11.6 Å². The van der Waals surface area contributed by atoms with Crippen LogP contribution in [0.2, 0.25) is 0 Å². The Morgan fingerprint density at radius 1 is 1.56 bits per heavy atom. The van der Waals surface area contributed by atoms with E-state index in [0.29, 0.717) is 0 Å². The molecule has 16 heavy (non-hydrogen) atoms. The largest absolute Gasteiger partial charge is 0.476 e. The molecule has 7 heteroatoms. The maximum absolute atomic E-state index is 11.6. The maximum Gasteiger partial charge on any atom is 0.356 e. The molecule has 0 unspecified atom stereocenters. The predicted molar refractivity (Wildman–Crippen MR) is 57.9 cm³/mol. The minimum absolute atomic E-state index is 0.142. The summed E-state index contributed by atoms with van der Waals surface area (Å²) in [7, 11) is -1.69. The summed E-state index contributed by atoms with van der Waals surface area (Å²) in [5.74, 6) is -1.16. The van der Waals surface area contributed by atoms with Crippen molar-refractivity contribution in [2.24, 2.45) is 7.05 Å². The quantitative estimate of drug-likeness (QED) is 0.832. The van der Waals surface area contributed by atoms with Crippen molar-refractivity contribution >= 4 is 15.8 Å². The average Bonchev–Trinajstić information content (AvgIpc) is 2.47. The SMILES string of the molecule is CC(C)S(=O)(=O)Cc1nc(C(=O)O)cn1C. The van der Waals surface area contributed by atoms with Gasteiger partial charge in [0.2, 0.25) is 0 Å². The highest BCUT2D eigenvalue weighted by Crippen LogP contribution is 2.10. The van der Waals surface area contributed by atoms with Crippen molar-refractivity contribution < 1.29 is 18.3 Å². The minimum Gasteiger partial charge on any atom is -0.476 e. The Hall–Kier alpha value is -1.37. The first-order chi connectivity index (χ1) is 7.24. The molecule has 0 bridgehead atoms. The van der Waals surface area contributed by atoms with Crippen molar-refractivity contribution in [3.8, 4) is 0 Å². The summed E-state index contributed by atoms with van der Waals surface area (Å²) in [6, 6.07) is 0. The summed E-state index contributed by atoms with van der Waals surface area (Å²) in [4.78, 5) is 14.4.